The van der Waals surface area contributed by atoms with Gasteiger partial charge in [0.15, 0.2) is 11.5 Å². The standard InChI is InChI=1S/C52H35NO/c1-51(2)41-20-10-6-16-35(41)39-26-24-32(30-45(39)51)33-25-28-46-48(31-33)54-50-47(53(46)34-14-4-3-5-15-34)29-27-40-38-19-9-13-23-44(38)52(49(40)50)42-21-11-7-17-36(42)37-18-8-12-22-43(37)52/h3-31H,1-2H3. The van der Waals surface area contributed by atoms with Crippen LogP contribution in [0.25, 0.3) is 44.5 Å². The van der Waals surface area contributed by atoms with E-state index in [4.69, 9.17) is 4.74 Å². The molecule has 12 rings (SSSR count). The van der Waals surface area contributed by atoms with Gasteiger partial charge >= 0.3 is 0 Å². The Labute approximate surface area is 315 Å². The number of ether oxygens (including phenoxy) is 1. The zero-order valence-corrected chi connectivity index (χ0v) is 30.1. The summed E-state index contributed by atoms with van der Waals surface area (Å²) in [6.45, 7) is 4.69. The van der Waals surface area contributed by atoms with Gasteiger partial charge in [-0.05, 0) is 109 Å². The van der Waals surface area contributed by atoms with Crippen LogP contribution in [0.1, 0.15) is 47.2 Å². The highest BCUT2D eigenvalue weighted by Gasteiger charge is 2.54. The third-order valence-corrected chi connectivity index (χ3v) is 12.7. The van der Waals surface area contributed by atoms with Crippen molar-refractivity contribution in [2.24, 2.45) is 0 Å². The van der Waals surface area contributed by atoms with E-state index < -0.39 is 5.41 Å². The third-order valence-electron chi connectivity index (χ3n) is 12.7. The molecule has 0 N–H and O–H groups in total. The molecule has 0 amide bonds. The number of nitrogens with zero attached hydrogens (tertiary/aromatic N) is 1. The zero-order valence-electron chi connectivity index (χ0n) is 30.1. The molecule has 254 valence electrons. The first kappa shape index (κ1) is 29.9. The Morgan fingerprint density at radius 2 is 0.889 bits per heavy atom. The second kappa shape index (κ2) is 10.5. The minimum absolute atomic E-state index is 0.0760. The number of anilines is 3. The van der Waals surface area contributed by atoms with Gasteiger partial charge in [0.05, 0.1) is 16.8 Å². The monoisotopic (exact) mass is 689 g/mol. The van der Waals surface area contributed by atoms with Gasteiger partial charge in [-0.3, -0.25) is 0 Å². The molecule has 2 heteroatoms. The number of benzene rings is 8. The molecule has 0 saturated heterocycles. The van der Waals surface area contributed by atoms with Crippen LogP contribution in [-0.4, -0.2) is 0 Å². The molecule has 0 fully saturated rings. The fourth-order valence-electron chi connectivity index (χ4n) is 10.4. The van der Waals surface area contributed by atoms with Crippen LogP contribution in [-0.2, 0) is 10.8 Å². The average Bonchev–Trinajstić information content (AvgIpc) is 3.79. The molecule has 0 atom stereocenters. The molecule has 0 aromatic heterocycles. The van der Waals surface area contributed by atoms with Crippen LogP contribution in [0.15, 0.2) is 176 Å². The van der Waals surface area contributed by atoms with Crippen LogP contribution >= 0.6 is 0 Å². The molecule has 0 unspecified atom stereocenters. The second-order valence-electron chi connectivity index (χ2n) is 15.6. The first-order valence-corrected chi connectivity index (χ1v) is 18.9. The predicted octanol–water partition coefficient (Wildman–Crippen LogP) is 13.6. The van der Waals surface area contributed by atoms with Crippen molar-refractivity contribution in [3.8, 4) is 56.0 Å². The molecule has 4 aliphatic rings. The lowest BCUT2D eigenvalue weighted by Gasteiger charge is -2.37. The van der Waals surface area contributed by atoms with Crippen molar-refractivity contribution in [3.63, 3.8) is 0 Å². The largest absolute Gasteiger partial charge is 0.453 e. The Balaban J connectivity index is 1.10. The summed E-state index contributed by atoms with van der Waals surface area (Å²) in [4.78, 5) is 2.39. The molecular formula is C52H35NO. The zero-order chi connectivity index (χ0) is 35.8. The minimum Gasteiger partial charge on any atom is -0.453 e. The molecule has 54 heavy (non-hydrogen) atoms. The molecule has 0 radical (unpaired) electrons. The van der Waals surface area contributed by atoms with E-state index in [9.17, 15) is 0 Å². The van der Waals surface area contributed by atoms with Crippen molar-refractivity contribution < 1.29 is 4.74 Å². The maximum atomic E-state index is 7.42. The molecule has 1 heterocycles. The van der Waals surface area contributed by atoms with Gasteiger partial charge in [0.25, 0.3) is 0 Å². The van der Waals surface area contributed by atoms with Crippen LogP contribution in [0.3, 0.4) is 0 Å². The highest BCUT2D eigenvalue weighted by Crippen LogP contribution is 2.67. The van der Waals surface area contributed by atoms with Crippen molar-refractivity contribution in [1.82, 2.24) is 0 Å². The highest BCUT2D eigenvalue weighted by molar-refractivity contribution is 6.00. The van der Waals surface area contributed by atoms with E-state index in [1.807, 2.05) is 0 Å². The van der Waals surface area contributed by atoms with Gasteiger partial charge in [0.2, 0.25) is 0 Å². The van der Waals surface area contributed by atoms with Crippen LogP contribution in [0.4, 0.5) is 17.1 Å². The summed E-state index contributed by atoms with van der Waals surface area (Å²) in [7, 11) is 0. The first-order chi connectivity index (χ1) is 26.5. The molecule has 8 aromatic carbocycles. The quantitative estimate of drug-likeness (QED) is 0.179. The van der Waals surface area contributed by atoms with E-state index in [1.54, 1.807) is 0 Å². The normalized spacial score (nSPS) is 15.3. The van der Waals surface area contributed by atoms with Crippen LogP contribution < -0.4 is 9.64 Å². The van der Waals surface area contributed by atoms with Gasteiger partial charge in [-0.25, -0.2) is 0 Å². The lowest BCUT2D eigenvalue weighted by molar-refractivity contribution is 0.466. The molecule has 0 bridgehead atoms. The topological polar surface area (TPSA) is 12.5 Å². The Morgan fingerprint density at radius 1 is 0.407 bits per heavy atom. The van der Waals surface area contributed by atoms with Gasteiger partial charge < -0.3 is 9.64 Å². The number of rotatable bonds is 2. The first-order valence-electron chi connectivity index (χ1n) is 18.9. The fraction of sp³-hybridized carbons (Fsp3) is 0.0769. The summed E-state index contributed by atoms with van der Waals surface area (Å²) in [5.74, 6) is 1.76. The Bertz CT molecular complexity index is 2840. The lowest BCUT2D eigenvalue weighted by atomic mass is 9.70. The van der Waals surface area contributed by atoms with Crippen molar-refractivity contribution in [1.29, 1.82) is 0 Å². The van der Waals surface area contributed by atoms with Crippen molar-refractivity contribution in [2.45, 2.75) is 24.7 Å². The lowest BCUT2D eigenvalue weighted by Crippen LogP contribution is -2.28. The van der Waals surface area contributed by atoms with Gasteiger partial charge in [-0.2, -0.15) is 0 Å². The number of fused-ring (bicyclic) bond motifs is 16. The maximum absolute atomic E-state index is 7.42. The maximum Gasteiger partial charge on any atom is 0.156 e. The van der Waals surface area contributed by atoms with Crippen LogP contribution in [0.2, 0.25) is 0 Å². The molecule has 1 spiro atoms. The van der Waals surface area contributed by atoms with Gasteiger partial charge in [0, 0.05) is 16.7 Å². The van der Waals surface area contributed by atoms with E-state index in [0.29, 0.717) is 0 Å². The van der Waals surface area contributed by atoms with Gasteiger partial charge in [-0.1, -0.05) is 153 Å². The van der Waals surface area contributed by atoms with E-state index in [-0.39, 0.29) is 5.41 Å². The van der Waals surface area contributed by atoms with E-state index >= 15 is 0 Å². The third kappa shape index (κ3) is 3.65. The Hall–Kier alpha value is -6.64. The van der Waals surface area contributed by atoms with Gasteiger partial charge in [0.1, 0.15) is 0 Å². The molecule has 8 aromatic rings. The molecule has 0 saturated carbocycles. The number of hydrogen-bond donors (Lipinski definition) is 0. The molecular weight excluding hydrogens is 655 g/mol. The van der Waals surface area contributed by atoms with E-state index in [1.165, 1.54) is 72.3 Å². The summed E-state index contributed by atoms with van der Waals surface area (Å²) in [6.07, 6.45) is 0. The molecule has 2 nitrogen and oxygen atoms in total. The van der Waals surface area contributed by atoms with Crippen molar-refractivity contribution in [2.75, 3.05) is 4.90 Å². The molecule has 3 aliphatic carbocycles. The van der Waals surface area contributed by atoms with Crippen molar-refractivity contribution in [3.05, 3.63) is 209 Å². The fourth-order valence-corrected chi connectivity index (χ4v) is 10.4. The predicted molar refractivity (Wildman–Crippen MR) is 220 cm³/mol. The average molecular weight is 690 g/mol. The summed E-state index contributed by atoms with van der Waals surface area (Å²) in [6, 6.07) is 64.9. The summed E-state index contributed by atoms with van der Waals surface area (Å²) < 4.78 is 7.42. The summed E-state index contributed by atoms with van der Waals surface area (Å²) in [5, 5.41) is 0. The summed E-state index contributed by atoms with van der Waals surface area (Å²) >= 11 is 0. The Morgan fingerprint density at radius 3 is 1.56 bits per heavy atom. The number of hydrogen-bond acceptors (Lipinski definition) is 2. The van der Waals surface area contributed by atoms with E-state index in [0.717, 1.165) is 34.1 Å². The second-order valence-corrected chi connectivity index (χ2v) is 15.6. The summed E-state index contributed by atoms with van der Waals surface area (Å²) in [5.41, 5.74) is 20.5. The molecule has 1 aliphatic heterocycles. The van der Waals surface area contributed by atoms with Crippen LogP contribution in [0, 0.1) is 0 Å². The van der Waals surface area contributed by atoms with Gasteiger partial charge in [-0.15, -0.1) is 0 Å². The van der Waals surface area contributed by atoms with Crippen molar-refractivity contribution >= 4 is 17.1 Å². The van der Waals surface area contributed by atoms with Crippen LogP contribution in [0.5, 0.6) is 11.5 Å². The van der Waals surface area contributed by atoms with E-state index in [2.05, 4.69) is 195 Å². The SMILES string of the molecule is CC1(C)c2ccccc2-c2ccc(-c3ccc4c(c3)Oc3c(ccc5c3C3(c6ccccc6-c6ccccc63)c3ccccc3-5)N4c3ccccc3)cc21. The smallest absolute Gasteiger partial charge is 0.156 e. The highest BCUT2D eigenvalue weighted by atomic mass is 16.5. The Kier molecular flexibility index (Phi) is 5.81. The minimum atomic E-state index is -0.525. The number of para-hydroxylation sites is 1.